The van der Waals surface area contributed by atoms with Crippen LogP contribution < -0.4 is 0 Å². The van der Waals surface area contributed by atoms with E-state index in [1.165, 1.54) is 135 Å². The Labute approximate surface area is 537 Å². The molecule has 0 bridgehead atoms. The van der Waals surface area contributed by atoms with Crippen LogP contribution in [0.15, 0.2) is 0 Å². The molecule has 19 heteroatoms. The van der Waals surface area contributed by atoms with E-state index in [0.717, 1.165) is 114 Å². The van der Waals surface area contributed by atoms with Crippen molar-refractivity contribution >= 4 is 39.5 Å². The summed E-state index contributed by atoms with van der Waals surface area (Å²) in [7, 11) is -9.90. The van der Waals surface area contributed by atoms with Crippen molar-refractivity contribution in [2.75, 3.05) is 39.6 Å². The first kappa shape index (κ1) is 86.1. The predicted molar refractivity (Wildman–Crippen MR) is 354 cm³/mol. The summed E-state index contributed by atoms with van der Waals surface area (Å²) in [4.78, 5) is 72.5. The van der Waals surface area contributed by atoms with E-state index in [1.54, 1.807) is 0 Å². The zero-order valence-corrected chi connectivity index (χ0v) is 59.1. The molecular weight excluding hydrogens is 1160 g/mol. The second-order valence-electron chi connectivity index (χ2n) is 26.4. The molecule has 0 radical (unpaired) electrons. The lowest BCUT2D eigenvalue weighted by Gasteiger charge is -2.21. The van der Waals surface area contributed by atoms with Crippen LogP contribution in [0.2, 0.25) is 0 Å². The van der Waals surface area contributed by atoms with Gasteiger partial charge >= 0.3 is 39.5 Å². The quantitative estimate of drug-likeness (QED) is 0.0222. The second kappa shape index (κ2) is 58.8. The summed E-state index contributed by atoms with van der Waals surface area (Å²) >= 11 is 0. The Balaban J connectivity index is 5.25. The van der Waals surface area contributed by atoms with Gasteiger partial charge in [0, 0.05) is 25.7 Å². The predicted octanol–water partition coefficient (Wildman–Crippen LogP) is 19.3. The van der Waals surface area contributed by atoms with Gasteiger partial charge in [-0.1, -0.05) is 287 Å². The Bertz CT molecular complexity index is 1750. The number of rotatable bonds is 66. The first-order chi connectivity index (χ1) is 42.2. The minimum Gasteiger partial charge on any atom is -0.462 e. The largest absolute Gasteiger partial charge is 0.472 e. The number of unbranched alkanes of at least 4 members (excludes halogenated alkanes) is 30. The van der Waals surface area contributed by atoms with Gasteiger partial charge in [-0.25, -0.2) is 9.13 Å². The molecule has 88 heavy (non-hydrogen) atoms. The van der Waals surface area contributed by atoms with Crippen LogP contribution in [0.3, 0.4) is 0 Å². The van der Waals surface area contributed by atoms with E-state index in [9.17, 15) is 43.2 Å². The van der Waals surface area contributed by atoms with Gasteiger partial charge in [0.05, 0.1) is 26.4 Å². The zero-order chi connectivity index (χ0) is 65.4. The summed E-state index contributed by atoms with van der Waals surface area (Å²) < 4.78 is 68.2. The fourth-order valence-electron chi connectivity index (χ4n) is 10.2. The lowest BCUT2D eigenvalue weighted by atomic mass is 9.99. The smallest absolute Gasteiger partial charge is 0.462 e. The number of aliphatic hydroxyl groups is 1. The van der Waals surface area contributed by atoms with Crippen LogP contribution in [0.25, 0.3) is 0 Å². The minimum absolute atomic E-state index is 0.102. The van der Waals surface area contributed by atoms with Crippen LogP contribution in [0, 0.1) is 23.7 Å². The standard InChI is InChI=1S/C69H134O17P2/c1-9-61(7)47-39-31-23-18-19-24-33-41-49-66(71)79-55-64(85-68(73)51-43-35-25-17-15-13-11-12-14-16-21-29-37-45-59(3)4)57-83-87(75,76)81-53-63(70)54-82-88(77,78)84-58-65(86-69(74)52-44-36-26-20-22-30-38-46-60(5)6)56-80-67(72)50-42-34-28-27-32-40-48-62(8)10-2/h59-65,70H,9-58H2,1-8H3,(H,75,76)(H,77,78)/t61?,62?,63-,64-,65-/m1/s1. The number of carbonyl (C=O) groups is 4. The van der Waals surface area contributed by atoms with Crippen LogP contribution >= 0.6 is 15.6 Å². The molecule has 0 aliphatic carbocycles. The third kappa shape index (κ3) is 60.3. The summed E-state index contributed by atoms with van der Waals surface area (Å²) in [5.74, 6) is 0.857. The van der Waals surface area contributed by atoms with E-state index in [4.69, 9.17) is 37.0 Å². The van der Waals surface area contributed by atoms with Gasteiger partial charge in [-0.2, -0.15) is 0 Å². The SMILES string of the molecule is CCC(C)CCCCCCCCCCC(=O)OC[C@H](COP(=O)(O)OC[C@@H](O)COP(=O)(O)OC[C@@H](COC(=O)CCCCCCCCC(C)CC)OC(=O)CCCCCCCCCC(C)C)OC(=O)CCCCCCCCCCCCCCCC(C)C. The maximum absolute atomic E-state index is 13.0. The molecule has 17 nitrogen and oxygen atoms in total. The summed E-state index contributed by atoms with van der Waals surface area (Å²) in [5.41, 5.74) is 0. The van der Waals surface area contributed by atoms with Gasteiger partial charge in [-0.05, 0) is 49.4 Å². The average molecular weight is 1300 g/mol. The Morgan fingerprint density at radius 1 is 0.318 bits per heavy atom. The molecule has 0 rings (SSSR count). The second-order valence-corrected chi connectivity index (χ2v) is 29.3. The van der Waals surface area contributed by atoms with Gasteiger partial charge in [0.25, 0.3) is 0 Å². The molecule has 0 aliphatic rings. The van der Waals surface area contributed by atoms with Gasteiger partial charge in [0.1, 0.15) is 19.3 Å². The molecule has 522 valence electrons. The number of hydrogen-bond donors (Lipinski definition) is 3. The lowest BCUT2D eigenvalue weighted by molar-refractivity contribution is -0.161. The normalized spacial score (nSPS) is 14.9. The van der Waals surface area contributed by atoms with Crippen LogP contribution in [0.1, 0.15) is 338 Å². The molecule has 0 heterocycles. The van der Waals surface area contributed by atoms with Gasteiger partial charge in [-0.3, -0.25) is 37.3 Å². The average Bonchev–Trinajstić information content (AvgIpc) is 3.63. The number of hydrogen-bond acceptors (Lipinski definition) is 15. The first-order valence-electron chi connectivity index (χ1n) is 35.8. The van der Waals surface area contributed by atoms with Crippen LogP contribution in [0.5, 0.6) is 0 Å². The fraction of sp³-hybridized carbons (Fsp3) is 0.942. The van der Waals surface area contributed by atoms with Crippen molar-refractivity contribution in [2.45, 2.75) is 356 Å². The fourth-order valence-corrected chi connectivity index (χ4v) is 11.8. The van der Waals surface area contributed by atoms with E-state index in [-0.39, 0.29) is 25.7 Å². The first-order valence-corrected chi connectivity index (χ1v) is 38.8. The van der Waals surface area contributed by atoms with Gasteiger partial charge < -0.3 is 33.8 Å². The van der Waals surface area contributed by atoms with Gasteiger partial charge in [-0.15, -0.1) is 0 Å². The van der Waals surface area contributed by atoms with E-state index in [2.05, 4.69) is 55.4 Å². The number of aliphatic hydroxyl groups excluding tert-OH is 1. The molecule has 0 amide bonds. The van der Waals surface area contributed by atoms with Crippen LogP contribution in [-0.2, 0) is 65.4 Å². The van der Waals surface area contributed by atoms with E-state index < -0.39 is 97.5 Å². The Hall–Kier alpha value is -1.94. The molecule has 0 saturated carbocycles. The zero-order valence-electron chi connectivity index (χ0n) is 57.3. The van der Waals surface area contributed by atoms with Crippen molar-refractivity contribution in [3.63, 3.8) is 0 Å². The van der Waals surface area contributed by atoms with Crippen LogP contribution in [-0.4, -0.2) is 96.7 Å². The number of phosphoric acid groups is 2. The highest BCUT2D eigenvalue weighted by Crippen LogP contribution is 2.45. The minimum atomic E-state index is -4.95. The maximum Gasteiger partial charge on any atom is 0.472 e. The molecule has 0 aromatic rings. The third-order valence-electron chi connectivity index (χ3n) is 16.5. The highest BCUT2D eigenvalue weighted by atomic mass is 31.2. The lowest BCUT2D eigenvalue weighted by Crippen LogP contribution is -2.30. The maximum atomic E-state index is 13.0. The summed E-state index contributed by atoms with van der Waals surface area (Å²) in [5, 5.41) is 10.6. The highest BCUT2D eigenvalue weighted by Gasteiger charge is 2.30. The number of esters is 4. The number of carbonyl (C=O) groups excluding carboxylic acids is 4. The number of ether oxygens (including phenoxy) is 4. The molecule has 7 atom stereocenters. The molecular formula is C69H134O17P2. The number of phosphoric ester groups is 2. The summed E-state index contributed by atoms with van der Waals surface area (Å²) in [6, 6.07) is 0. The molecule has 0 aromatic carbocycles. The van der Waals surface area contributed by atoms with Crippen molar-refractivity contribution in [3.8, 4) is 0 Å². The van der Waals surface area contributed by atoms with E-state index in [1.807, 2.05) is 0 Å². The Morgan fingerprint density at radius 2 is 0.545 bits per heavy atom. The van der Waals surface area contributed by atoms with E-state index >= 15 is 0 Å². The van der Waals surface area contributed by atoms with Gasteiger partial charge in [0.2, 0.25) is 0 Å². The monoisotopic (exact) mass is 1300 g/mol. The Morgan fingerprint density at radius 3 is 0.807 bits per heavy atom. The molecule has 0 aliphatic heterocycles. The van der Waals surface area contributed by atoms with Crippen molar-refractivity contribution in [3.05, 3.63) is 0 Å². The summed E-state index contributed by atoms with van der Waals surface area (Å²) in [6.45, 7) is 14.1. The van der Waals surface area contributed by atoms with Crippen LogP contribution in [0.4, 0.5) is 0 Å². The molecule has 0 fully saturated rings. The molecule has 4 unspecified atom stereocenters. The van der Waals surface area contributed by atoms with Crippen molar-refractivity contribution in [1.82, 2.24) is 0 Å². The van der Waals surface area contributed by atoms with Crippen molar-refractivity contribution in [2.24, 2.45) is 23.7 Å². The third-order valence-corrected chi connectivity index (χ3v) is 18.4. The highest BCUT2D eigenvalue weighted by molar-refractivity contribution is 7.47. The van der Waals surface area contributed by atoms with E-state index in [0.29, 0.717) is 31.6 Å². The molecule has 0 spiro atoms. The summed E-state index contributed by atoms with van der Waals surface area (Å²) in [6.07, 6.45) is 40.4. The van der Waals surface area contributed by atoms with Crippen molar-refractivity contribution < 1.29 is 80.2 Å². The van der Waals surface area contributed by atoms with Crippen molar-refractivity contribution in [1.29, 1.82) is 0 Å². The molecule has 3 N–H and O–H groups in total. The topological polar surface area (TPSA) is 237 Å². The van der Waals surface area contributed by atoms with Gasteiger partial charge in [0.15, 0.2) is 12.2 Å². The Kier molecular flexibility index (Phi) is 57.6. The molecule has 0 aromatic heterocycles. The molecule has 0 saturated heterocycles.